The van der Waals surface area contributed by atoms with Gasteiger partial charge in [0.15, 0.2) is 0 Å². The van der Waals surface area contributed by atoms with Crippen LogP contribution in [-0.2, 0) is 4.79 Å². The standard InChI is InChI=1S/C10H16N2O/c13-10(7-1-2-7)12-5-8-3-11-4-9(8)6-12/h7-9,11H,1-6H2. The second-order valence-corrected chi connectivity index (χ2v) is 4.70. The van der Waals surface area contributed by atoms with E-state index in [0.29, 0.717) is 11.8 Å². The quantitative estimate of drug-likeness (QED) is 0.619. The van der Waals surface area contributed by atoms with Crippen LogP contribution < -0.4 is 5.32 Å². The van der Waals surface area contributed by atoms with Gasteiger partial charge in [0.2, 0.25) is 5.91 Å². The fourth-order valence-electron chi connectivity index (χ4n) is 2.62. The summed E-state index contributed by atoms with van der Waals surface area (Å²) in [5, 5.41) is 3.39. The minimum absolute atomic E-state index is 0.409. The van der Waals surface area contributed by atoms with Crippen molar-refractivity contribution in [3.8, 4) is 0 Å². The number of hydrogen-bond donors (Lipinski definition) is 1. The molecule has 3 nitrogen and oxygen atoms in total. The van der Waals surface area contributed by atoms with Crippen LogP contribution in [0.2, 0.25) is 0 Å². The molecule has 0 aromatic heterocycles. The van der Waals surface area contributed by atoms with Crippen LogP contribution >= 0.6 is 0 Å². The smallest absolute Gasteiger partial charge is 0.225 e. The van der Waals surface area contributed by atoms with Crippen molar-refractivity contribution in [1.82, 2.24) is 10.2 Å². The molecule has 72 valence electrons. The molecule has 0 aromatic carbocycles. The monoisotopic (exact) mass is 180 g/mol. The molecular formula is C10H16N2O. The van der Waals surface area contributed by atoms with Crippen molar-refractivity contribution in [3.63, 3.8) is 0 Å². The second kappa shape index (κ2) is 2.71. The summed E-state index contributed by atoms with van der Waals surface area (Å²) in [5.74, 6) is 2.35. The number of carbonyl (C=O) groups excluding carboxylic acids is 1. The van der Waals surface area contributed by atoms with Crippen LogP contribution in [0.3, 0.4) is 0 Å². The number of amides is 1. The first kappa shape index (κ1) is 7.80. The fraction of sp³-hybridized carbons (Fsp3) is 0.900. The van der Waals surface area contributed by atoms with E-state index in [9.17, 15) is 4.79 Å². The highest BCUT2D eigenvalue weighted by Crippen LogP contribution is 2.34. The molecular weight excluding hydrogens is 164 g/mol. The Morgan fingerprint density at radius 1 is 1.15 bits per heavy atom. The number of nitrogens with one attached hydrogen (secondary N) is 1. The van der Waals surface area contributed by atoms with Crippen molar-refractivity contribution < 1.29 is 4.79 Å². The van der Waals surface area contributed by atoms with E-state index in [1.165, 1.54) is 0 Å². The largest absolute Gasteiger partial charge is 0.342 e. The normalized spacial score (nSPS) is 38.0. The van der Waals surface area contributed by atoms with Crippen molar-refractivity contribution in [2.75, 3.05) is 26.2 Å². The predicted octanol–water partition coefficient (Wildman–Crippen LogP) is 0.0742. The topological polar surface area (TPSA) is 32.3 Å². The highest BCUT2D eigenvalue weighted by molar-refractivity contribution is 5.81. The van der Waals surface area contributed by atoms with E-state index in [1.54, 1.807) is 0 Å². The first-order valence-electron chi connectivity index (χ1n) is 5.34. The zero-order valence-corrected chi connectivity index (χ0v) is 7.83. The SMILES string of the molecule is O=C(C1CC1)N1CC2CNCC2C1. The van der Waals surface area contributed by atoms with Gasteiger partial charge >= 0.3 is 0 Å². The van der Waals surface area contributed by atoms with Gasteiger partial charge in [0.25, 0.3) is 0 Å². The van der Waals surface area contributed by atoms with Crippen LogP contribution in [0.1, 0.15) is 12.8 Å². The number of hydrogen-bond acceptors (Lipinski definition) is 2. The lowest BCUT2D eigenvalue weighted by molar-refractivity contribution is -0.131. The third-order valence-corrected chi connectivity index (χ3v) is 3.63. The zero-order chi connectivity index (χ0) is 8.84. The minimum Gasteiger partial charge on any atom is -0.342 e. The molecule has 3 aliphatic rings. The van der Waals surface area contributed by atoms with Gasteiger partial charge in [-0.1, -0.05) is 0 Å². The molecule has 2 heterocycles. The first-order chi connectivity index (χ1) is 6.34. The van der Waals surface area contributed by atoms with Crippen molar-refractivity contribution in [2.45, 2.75) is 12.8 Å². The fourth-order valence-corrected chi connectivity index (χ4v) is 2.62. The lowest BCUT2D eigenvalue weighted by Crippen LogP contribution is -2.32. The lowest BCUT2D eigenvalue weighted by atomic mass is 10.0. The van der Waals surface area contributed by atoms with Crippen molar-refractivity contribution in [2.24, 2.45) is 17.8 Å². The molecule has 0 aromatic rings. The number of carbonyl (C=O) groups is 1. The maximum atomic E-state index is 11.7. The summed E-state index contributed by atoms with van der Waals surface area (Å²) >= 11 is 0. The van der Waals surface area contributed by atoms with E-state index in [0.717, 1.165) is 50.9 Å². The average Bonchev–Trinajstić information content (AvgIpc) is 2.73. The van der Waals surface area contributed by atoms with Crippen LogP contribution in [0, 0.1) is 17.8 Å². The molecule has 2 unspecified atom stereocenters. The molecule has 3 rings (SSSR count). The highest BCUT2D eigenvalue weighted by atomic mass is 16.2. The van der Waals surface area contributed by atoms with Crippen LogP contribution in [-0.4, -0.2) is 37.0 Å². The van der Waals surface area contributed by atoms with Gasteiger partial charge in [0.05, 0.1) is 0 Å². The van der Waals surface area contributed by atoms with Crippen molar-refractivity contribution in [3.05, 3.63) is 0 Å². The Bertz CT molecular complexity index is 225. The molecule has 2 saturated heterocycles. The van der Waals surface area contributed by atoms with Crippen LogP contribution in [0.25, 0.3) is 0 Å². The van der Waals surface area contributed by atoms with Gasteiger partial charge in [-0.15, -0.1) is 0 Å². The van der Waals surface area contributed by atoms with Crippen LogP contribution in [0.4, 0.5) is 0 Å². The molecule has 1 aliphatic carbocycles. The Labute approximate surface area is 78.5 Å². The third kappa shape index (κ3) is 1.26. The van der Waals surface area contributed by atoms with E-state index in [4.69, 9.17) is 0 Å². The Morgan fingerprint density at radius 2 is 1.77 bits per heavy atom. The summed E-state index contributed by atoms with van der Waals surface area (Å²) in [6.45, 7) is 4.29. The minimum atomic E-state index is 0.409. The van der Waals surface area contributed by atoms with Gasteiger partial charge in [-0.3, -0.25) is 4.79 Å². The average molecular weight is 180 g/mol. The summed E-state index contributed by atoms with van der Waals surface area (Å²) < 4.78 is 0. The van der Waals surface area contributed by atoms with Gasteiger partial charge in [0.1, 0.15) is 0 Å². The van der Waals surface area contributed by atoms with E-state index in [1.807, 2.05) is 0 Å². The van der Waals surface area contributed by atoms with Crippen molar-refractivity contribution in [1.29, 1.82) is 0 Å². The zero-order valence-electron chi connectivity index (χ0n) is 7.83. The maximum Gasteiger partial charge on any atom is 0.225 e. The lowest BCUT2D eigenvalue weighted by Gasteiger charge is -2.16. The van der Waals surface area contributed by atoms with E-state index < -0.39 is 0 Å². The molecule has 0 spiro atoms. The Kier molecular flexibility index (Phi) is 1.62. The van der Waals surface area contributed by atoms with Gasteiger partial charge < -0.3 is 10.2 Å². The number of rotatable bonds is 1. The summed E-state index contributed by atoms with van der Waals surface area (Å²) in [6, 6.07) is 0. The summed E-state index contributed by atoms with van der Waals surface area (Å²) in [6.07, 6.45) is 2.28. The molecule has 0 radical (unpaired) electrons. The first-order valence-corrected chi connectivity index (χ1v) is 5.34. The Hall–Kier alpha value is -0.570. The molecule has 1 saturated carbocycles. The predicted molar refractivity (Wildman–Crippen MR) is 49.2 cm³/mol. The third-order valence-electron chi connectivity index (χ3n) is 3.63. The molecule has 1 amide bonds. The summed E-state index contributed by atoms with van der Waals surface area (Å²) in [7, 11) is 0. The molecule has 13 heavy (non-hydrogen) atoms. The van der Waals surface area contributed by atoms with E-state index >= 15 is 0 Å². The molecule has 2 aliphatic heterocycles. The molecule has 3 fully saturated rings. The molecule has 0 bridgehead atoms. The second-order valence-electron chi connectivity index (χ2n) is 4.70. The van der Waals surface area contributed by atoms with Crippen LogP contribution in [0.15, 0.2) is 0 Å². The maximum absolute atomic E-state index is 11.7. The van der Waals surface area contributed by atoms with E-state index in [-0.39, 0.29) is 0 Å². The van der Waals surface area contributed by atoms with Gasteiger partial charge in [-0.25, -0.2) is 0 Å². The number of nitrogens with zero attached hydrogens (tertiary/aromatic N) is 1. The number of fused-ring (bicyclic) bond motifs is 1. The van der Waals surface area contributed by atoms with Crippen molar-refractivity contribution >= 4 is 5.91 Å². The van der Waals surface area contributed by atoms with Crippen LogP contribution in [0.5, 0.6) is 0 Å². The highest BCUT2D eigenvalue weighted by Gasteiger charge is 2.42. The van der Waals surface area contributed by atoms with Gasteiger partial charge in [-0.2, -0.15) is 0 Å². The Morgan fingerprint density at radius 3 is 2.31 bits per heavy atom. The number of likely N-dealkylation sites (tertiary alicyclic amines) is 1. The summed E-state index contributed by atoms with van der Waals surface area (Å²) in [5.41, 5.74) is 0. The summed E-state index contributed by atoms with van der Waals surface area (Å²) in [4.78, 5) is 13.8. The van der Waals surface area contributed by atoms with E-state index in [2.05, 4.69) is 10.2 Å². The molecule has 1 N–H and O–H groups in total. The molecule has 2 atom stereocenters. The van der Waals surface area contributed by atoms with Gasteiger partial charge in [-0.05, 0) is 24.7 Å². The molecule has 3 heteroatoms. The van der Waals surface area contributed by atoms with Gasteiger partial charge in [0, 0.05) is 32.1 Å². The Balaban J connectivity index is 1.65.